The van der Waals surface area contributed by atoms with E-state index < -0.39 is 57.1 Å². The van der Waals surface area contributed by atoms with Gasteiger partial charge in [0.25, 0.3) is 0 Å². The molecule has 1 aliphatic heterocycles. The third-order valence-corrected chi connectivity index (χ3v) is 6.26. The summed E-state index contributed by atoms with van der Waals surface area (Å²) in [6.45, 7) is 4.58. The van der Waals surface area contributed by atoms with E-state index in [0.29, 0.717) is 0 Å². The van der Waals surface area contributed by atoms with Crippen LogP contribution in [0.15, 0.2) is 12.7 Å². The molecule has 25 heavy (non-hydrogen) atoms. The minimum atomic E-state index is -3.87. The second kappa shape index (κ2) is 10.5. The van der Waals surface area contributed by atoms with Crippen molar-refractivity contribution in [2.75, 3.05) is 18.4 Å². The second-order valence-corrected chi connectivity index (χ2v) is 8.11. The van der Waals surface area contributed by atoms with Gasteiger partial charge in [-0.1, -0.05) is 6.08 Å². The van der Waals surface area contributed by atoms with E-state index in [-0.39, 0.29) is 11.8 Å². The van der Waals surface area contributed by atoms with Crippen molar-refractivity contribution < 1.29 is 34.3 Å². The lowest BCUT2D eigenvalue weighted by Crippen LogP contribution is -2.59. The van der Waals surface area contributed by atoms with Gasteiger partial charge in [-0.3, -0.25) is 9.09 Å². The highest BCUT2D eigenvalue weighted by molar-refractivity contribution is 7.54. The van der Waals surface area contributed by atoms with Crippen molar-refractivity contribution in [3.05, 3.63) is 12.7 Å². The molecule has 0 spiro atoms. The highest BCUT2D eigenvalue weighted by Crippen LogP contribution is 2.43. The molecule has 9 nitrogen and oxygen atoms in total. The number of hydrogen-bond donors (Lipinski definition) is 6. The molecule has 148 valence electrons. The third kappa shape index (κ3) is 6.41. The largest absolute Gasteiger partial charge is 0.394 e. The van der Waals surface area contributed by atoms with Crippen molar-refractivity contribution >= 4 is 30.9 Å². The van der Waals surface area contributed by atoms with Crippen molar-refractivity contribution in [2.45, 2.75) is 49.7 Å². The maximum Gasteiger partial charge on any atom is 0.344 e. The molecule has 0 bridgehead atoms. The van der Waals surface area contributed by atoms with Gasteiger partial charge in [-0.2, -0.15) is 0 Å². The van der Waals surface area contributed by atoms with Gasteiger partial charge < -0.3 is 25.2 Å². The molecule has 1 fully saturated rings. The lowest BCUT2D eigenvalue weighted by Gasteiger charge is -2.41. The number of halogens is 2. The minimum Gasteiger partial charge on any atom is -0.394 e. The SMILES string of the molecule is C=C[C@@H](CCl)NP(=O)(N[C@@H](C)CCl)O[C@@H]1OC(CO)[C@@H](O)C(O)C1O. The predicted molar refractivity (Wildman–Crippen MR) is 93.6 cm³/mol. The van der Waals surface area contributed by atoms with E-state index in [0.717, 1.165) is 0 Å². The van der Waals surface area contributed by atoms with Crippen LogP contribution in [0.5, 0.6) is 0 Å². The Kier molecular flexibility index (Phi) is 9.81. The van der Waals surface area contributed by atoms with Crippen molar-refractivity contribution in [3.63, 3.8) is 0 Å². The van der Waals surface area contributed by atoms with Gasteiger partial charge in [-0.15, -0.1) is 29.8 Å². The number of alkyl halides is 2. The average Bonchev–Trinajstić information content (AvgIpc) is 2.60. The van der Waals surface area contributed by atoms with E-state index in [9.17, 15) is 25.0 Å². The van der Waals surface area contributed by atoms with Crippen LogP contribution in [0.3, 0.4) is 0 Å². The first-order valence-corrected chi connectivity index (χ1v) is 10.3. The number of aliphatic hydroxyl groups excluding tert-OH is 4. The summed E-state index contributed by atoms with van der Waals surface area (Å²) in [5.41, 5.74) is 0. The standard InChI is InChI=1S/C13H25Cl2N2O7P/c1-3-8(5-15)17-25(22,16-7(2)4-14)24-13-12(21)11(20)10(19)9(6-18)23-13/h3,7-13,18-21H,1,4-6H2,2H3,(H2,16,17,22)/t7-,8-,9?,10+,11?,12?,13-,25?/m0/s1. The molecule has 1 rings (SSSR count). The first-order valence-electron chi connectivity index (χ1n) is 7.60. The monoisotopic (exact) mass is 422 g/mol. The Morgan fingerprint density at radius 1 is 1.24 bits per heavy atom. The van der Waals surface area contributed by atoms with Gasteiger partial charge in [-0.05, 0) is 6.92 Å². The summed E-state index contributed by atoms with van der Waals surface area (Å²) in [5.74, 6) is 0.159. The molecule has 0 aromatic heterocycles. The van der Waals surface area contributed by atoms with Crippen molar-refractivity contribution in [2.24, 2.45) is 0 Å². The third-order valence-electron chi connectivity index (χ3n) is 3.51. The van der Waals surface area contributed by atoms with Crippen LogP contribution >= 0.6 is 30.9 Å². The zero-order valence-corrected chi connectivity index (χ0v) is 16.1. The van der Waals surface area contributed by atoms with Crippen LogP contribution in [0.25, 0.3) is 0 Å². The lowest BCUT2D eigenvalue weighted by molar-refractivity contribution is -0.278. The van der Waals surface area contributed by atoms with Crippen molar-refractivity contribution in [1.29, 1.82) is 0 Å². The smallest absolute Gasteiger partial charge is 0.344 e. The zero-order valence-electron chi connectivity index (χ0n) is 13.7. The molecule has 0 aromatic rings. The predicted octanol–water partition coefficient (Wildman–Crippen LogP) is -0.489. The summed E-state index contributed by atoms with van der Waals surface area (Å²) in [5, 5.41) is 44.1. The normalized spacial score (nSPS) is 34.9. The summed E-state index contributed by atoms with van der Waals surface area (Å²) in [6, 6.07) is -1.03. The van der Waals surface area contributed by atoms with Gasteiger partial charge >= 0.3 is 7.67 Å². The summed E-state index contributed by atoms with van der Waals surface area (Å²) >= 11 is 11.5. The zero-order chi connectivity index (χ0) is 19.2. The number of aliphatic hydroxyl groups is 4. The molecular formula is C13H25Cl2N2O7P. The number of ether oxygens (including phenoxy) is 1. The molecule has 1 aliphatic rings. The molecule has 6 N–H and O–H groups in total. The Morgan fingerprint density at radius 3 is 2.36 bits per heavy atom. The van der Waals surface area contributed by atoms with Crippen LogP contribution in [-0.4, -0.2) is 81.6 Å². The molecule has 12 heteroatoms. The molecule has 0 amide bonds. The molecule has 0 radical (unpaired) electrons. The van der Waals surface area contributed by atoms with Gasteiger partial charge in [0, 0.05) is 23.8 Å². The molecule has 0 saturated carbocycles. The molecule has 1 saturated heterocycles. The topological polar surface area (TPSA) is 141 Å². The van der Waals surface area contributed by atoms with Gasteiger partial charge in [0.15, 0.2) is 6.29 Å². The Morgan fingerprint density at radius 2 is 1.88 bits per heavy atom. The van der Waals surface area contributed by atoms with Crippen LogP contribution in [-0.2, 0) is 13.8 Å². The van der Waals surface area contributed by atoms with Crippen molar-refractivity contribution in [1.82, 2.24) is 10.2 Å². The van der Waals surface area contributed by atoms with E-state index in [4.69, 9.17) is 32.5 Å². The number of nitrogens with one attached hydrogen (secondary N) is 2. The first kappa shape index (κ1) is 23.3. The van der Waals surface area contributed by atoms with E-state index in [1.54, 1.807) is 6.92 Å². The summed E-state index contributed by atoms with van der Waals surface area (Å²) < 4.78 is 23.7. The van der Waals surface area contributed by atoms with E-state index in [1.165, 1.54) is 6.08 Å². The summed E-state index contributed by atoms with van der Waals surface area (Å²) in [6.07, 6.45) is -6.25. The Balaban J connectivity index is 2.98. The van der Waals surface area contributed by atoms with E-state index in [1.807, 2.05) is 0 Å². The molecule has 1 heterocycles. The highest BCUT2D eigenvalue weighted by Gasteiger charge is 2.47. The van der Waals surface area contributed by atoms with Gasteiger partial charge in [0.2, 0.25) is 0 Å². The van der Waals surface area contributed by atoms with Crippen LogP contribution in [0.1, 0.15) is 6.92 Å². The van der Waals surface area contributed by atoms with E-state index in [2.05, 4.69) is 16.8 Å². The fraction of sp³-hybridized carbons (Fsp3) is 0.846. The van der Waals surface area contributed by atoms with Gasteiger partial charge in [0.05, 0.1) is 6.61 Å². The van der Waals surface area contributed by atoms with Crippen LogP contribution in [0.2, 0.25) is 0 Å². The molecule has 0 aliphatic carbocycles. The first-order chi connectivity index (χ1) is 11.7. The quantitative estimate of drug-likeness (QED) is 0.156. The summed E-state index contributed by atoms with van der Waals surface area (Å²) in [4.78, 5) is 0. The van der Waals surface area contributed by atoms with Crippen LogP contribution < -0.4 is 10.2 Å². The summed E-state index contributed by atoms with van der Waals surface area (Å²) in [7, 11) is -3.87. The molecule has 8 atom stereocenters. The maximum absolute atomic E-state index is 13.1. The van der Waals surface area contributed by atoms with Crippen LogP contribution in [0.4, 0.5) is 0 Å². The average molecular weight is 423 g/mol. The minimum absolute atomic E-state index is 0.0441. The fourth-order valence-corrected chi connectivity index (χ4v) is 4.56. The lowest BCUT2D eigenvalue weighted by atomic mass is 10.00. The fourth-order valence-electron chi connectivity index (χ4n) is 2.09. The Bertz CT molecular complexity index is 474. The van der Waals surface area contributed by atoms with E-state index >= 15 is 0 Å². The van der Waals surface area contributed by atoms with Gasteiger partial charge in [-0.25, -0.2) is 10.2 Å². The van der Waals surface area contributed by atoms with Crippen LogP contribution in [0, 0.1) is 0 Å². The molecule has 4 unspecified atom stereocenters. The maximum atomic E-state index is 13.1. The Hall–Kier alpha value is 0.230. The number of hydrogen-bond acceptors (Lipinski definition) is 7. The highest BCUT2D eigenvalue weighted by atomic mass is 35.5. The van der Waals surface area contributed by atoms with Crippen molar-refractivity contribution in [3.8, 4) is 0 Å². The Labute approximate surface area is 156 Å². The number of rotatable bonds is 10. The van der Waals surface area contributed by atoms with Gasteiger partial charge in [0.1, 0.15) is 24.4 Å². The molecule has 0 aromatic carbocycles. The molecular weight excluding hydrogens is 398 g/mol. The second-order valence-electron chi connectivity index (χ2n) is 5.66.